The van der Waals surface area contributed by atoms with E-state index in [1.54, 1.807) is 0 Å². The van der Waals surface area contributed by atoms with Gasteiger partial charge >= 0.3 is 0 Å². The number of hydrogen-bond donors (Lipinski definition) is 1. The Morgan fingerprint density at radius 3 is 2.43 bits per heavy atom. The summed E-state index contributed by atoms with van der Waals surface area (Å²) in [5.41, 5.74) is 0. The molecule has 0 bridgehead atoms. The first-order valence-electron chi connectivity index (χ1n) is 8.95. The van der Waals surface area contributed by atoms with E-state index in [4.69, 9.17) is 9.51 Å². The first-order chi connectivity index (χ1) is 10.4. The van der Waals surface area contributed by atoms with Crippen molar-refractivity contribution in [2.75, 3.05) is 13.1 Å². The maximum atomic E-state index is 5.50. The lowest BCUT2D eigenvalue weighted by atomic mass is 9.91. The molecule has 1 N–H and O–H groups in total. The van der Waals surface area contributed by atoms with Crippen LogP contribution in [0.25, 0.3) is 0 Å². The number of piperidine rings is 1. The van der Waals surface area contributed by atoms with Crippen molar-refractivity contribution in [1.29, 1.82) is 0 Å². The molecule has 1 aromatic rings. The minimum atomic E-state index is 0.543. The molecular formula is C17H29N3O. The van der Waals surface area contributed by atoms with Crippen LogP contribution in [-0.4, -0.2) is 23.2 Å². The highest BCUT2D eigenvalue weighted by Gasteiger charge is 2.20. The highest BCUT2D eigenvalue weighted by Crippen LogP contribution is 2.29. The van der Waals surface area contributed by atoms with Crippen molar-refractivity contribution in [3.63, 3.8) is 0 Å². The summed E-state index contributed by atoms with van der Waals surface area (Å²) in [6.45, 7) is 2.34. The zero-order chi connectivity index (χ0) is 14.3. The molecule has 4 nitrogen and oxygen atoms in total. The van der Waals surface area contributed by atoms with Crippen molar-refractivity contribution in [2.24, 2.45) is 5.92 Å². The molecule has 2 fully saturated rings. The van der Waals surface area contributed by atoms with Crippen molar-refractivity contribution in [1.82, 2.24) is 15.5 Å². The molecule has 0 amide bonds. The minimum Gasteiger partial charge on any atom is -0.339 e. The van der Waals surface area contributed by atoms with Crippen molar-refractivity contribution in [3.8, 4) is 0 Å². The second-order valence-electron chi connectivity index (χ2n) is 6.82. The molecule has 0 spiro atoms. The number of hydrogen-bond acceptors (Lipinski definition) is 4. The maximum absolute atomic E-state index is 5.50. The van der Waals surface area contributed by atoms with Crippen molar-refractivity contribution in [2.45, 2.75) is 76.5 Å². The Kier molecular flexibility index (Phi) is 5.67. The summed E-state index contributed by atoms with van der Waals surface area (Å²) in [7, 11) is 0. The second kappa shape index (κ2) is 7.92. The van der Waals surface area contributed by atoms with Crippen LogP contribution < -0.4 is 5.32 Å². The Balaban J connectivity index is 1.50. The van der Waals surface area contributed by atoms with Crippen LogP contribution in [0.4, 0.5) is 0 Å². The molecule has 0 radical (unpaired) electrons. The van der Waals surface area contributed by atoms with Gasteiger partial charge in [0.25, 0.3) is 0 Å². The first-order valence-corrected chi connectivity index (χ1v) is 8.95. The first kappa shape index (κ1) is 15.0. The lowest BCUT2D eigenvalue weighted by Crippen LogP contribution is -2.27. The molecule has 1 aliphatic heterocycles. The molecule has 1 aliphatic carbocycles. The summed E-state index contributed by atoms with van der Waals surface area (Å²) in [6.07, 6.45) is 14.0. The van der Waals surface area contributed by atoms with Gasteiger partial charge in [-0.05, 0) is 51.1 Å². The van der Waals surface area contributed by atoms with Crippen molar-refractivity contribution >= 4 is 0 Å². The average Bonchev–Trinajstić information content (AvgIpc) is 2.95. The van der Waals surface area contributed by atoms with Crippen LogP contribution in [0.1, 0.15) is 81.8 Å². The second-order valence-corrected chi connectivity index (χ2v) is 6.82. The van der Waals surface area contributed by atoms with E-state index >= 15 is 0 Å². The lowest BCUT2D eigenvalue weighted by molar-refractivity contribution is 0.321. The molecule has 1 saturated heterocycles. The van der Waals surface area contributed by atoms with Crippen LogP contribution in [0.15, 0.2) is 4.52 Å². The normalized spacial score (nSPS) is 22.9. The van der Waals surface area contributed by atoms with Gasteiger partial charge in [-0.25, -0.2) is 0 Å². The summed E-state index contributed by atoms with van der Waals surface area (Å²) < 4.78 is 5.50. The highest BCUT2D eigenvalue weighted by atomic mass is 16.5. The van der Waals surface area contributed by atoms with E-state index in [1.807, 2.05) is 0 Å². The summed E-state index contributed by atoms with van der Waals surface area (Å²) in [5, 5.41) is 7.70. The molecular weight excluding hydrogens is 262 g/mol. The molecule has 0 aromatic carbocycles. The lowest BCUT2D eigenvalue weighted by Gasteiger charge is -2.21. The summed E-state index contributed by atoms with van der Waals surface area (Å²) in [4.78, 5) is 4.70. The van der Waals surface area contributed by atoms with Gasteiger partial charge in [0.1, 0.15) is 0 Å². The van der Waals surface area contributed by atoms with Crippen LogP contribution in [-0.2, 0) is 6.42 Å². The number of nitrogens with zero attached hydrogens (tertiary/aromatic N) is 2. The predicted octanol–water partition coefficient (Wildman–Crippen LogP) is 3.83. The molecule has 0 unspecified atom stereocenters. The van der Waals surface area contributed by atoms with E-state index in [1.165, 1.54) is 77.3 Å². The van der Waals surface area contributed by atoms with Gasteiger partial charge in [0, 0.05) is 12.3 Å². The summed E-state index contributed by atoms with van der Waals surface area (Å²) >= 11 is 0. The Hall–Kier alpha value is -0.900. The van der Waals surface area contributed by atoms with Gasteiger partial charge in [0.05, 0.1) is 0 Å². The predicted molar refractivity (Wildman–Crippen MR) is 83.3 cm³/mol. The van der Waals surface area contributed by atoms with Gasteiger partial charge in [-0.1, -0.05) is 37.3 Å². The quantitative estimate of drug-likeness (QED) is 0.916. The Morgan fingerprint density at radius 1 is 0.952 bits per heavy atom. The molecule has 3 rings (SSSR count). The summed E-state index contributed by atoms with van der Waals surface area (Å²) in [6, 6.07) is 0. The summed E-state index contributed by atoms with van der Waals surface area (Å²) in [5.74, 6) is 3.23. The zero-order valence-corrected chi connectivity index (χ0v) is 13.1. The number of rotatable bonds is 4. The molecule has 2 aliphatic rings. The van der Waals surface area contributed by atoms with Crippen LogP contribution in [0.2, 0.25) is 0 Å². The zero-order valence-electron chi connectivity index (χ0n) is 13.1. The molecule has 0 atom stereocenters. The number of aryl methyl sites for hydroxylation is 1. The molecule has 4 heteroatoms. The SMILES string of the molecule is C1CCCC(c2noc(CCC3CCNCC3)n2)CCC1. The van der Waals surface area contributed by atoms with Gasteiger partial charge in [-0.3, -0.25) is 0 Å². The molecule has 118 valence electrons. The maximum Gasteiger partial charge on any atom is 0.226 e. The third-order valence-corrected chi connectivity index (χ3v) is 5.18. The molecule has 1 aromatic heterocycles. The standard InChI is InChI=1S/C17H29N3O/c1-2-4-6-15(7-5-3-1)17-19-16(21-20-17)9-8-14-10-12-18-13-11-14/h14-15,18H,1-13H2. The van der Waals surface area contributed by atoms with Gasteiger partial charge in [0.2, 0.25) is 5.89 Å². The molecule has 21 heavy (non-hydrogen) atoms. The van der Waals surface area contributed by atoms with E-state index in [2.05, 4.69) is 10.5 Å². The number of aromatic nitrogens is 2. The van der Waals surface area contributed by atoms with E-state index in [0.29, 0.717) is 5.92 Å². The van der Waals surface area contributed by atoms with Gasteiger partial charge in [-0.2, -0.15) is 4.98 Å². The smallest absolute Gasteiger partial charge is 0.226 e. The van der Waals surface area contributed by atoms with E-state index < -0.39 is 0 Å². The fourth-order valence-corrected chi connectivity index (χ4v) is 3.75. The number of nitrogens with one attached hydrogen (secondary N) is 1. The van der Waals surface area contributed by atoms with Crippen LogP contribution in [0.3, 0.4) is 0 Å². The largest absolute Gasteiger partial charge is 0.339 e. The Morgan fingerprint density at radius 2 is 1.67 bits per heavy atom. The monoisotopic (exact) mass is 291 g/mol. The van der Waals surface area contributed by atoms with Crippen LogP contribution in [0, 0.1) is 5.92 Å². The minimum absolute atomic E-state index is 0.543. The topological polar surface area (TPSA) is 51.0 Å². The molecule has 1 saturated carbocycles. The third-order valence-electron chi connectivity index (χ3n) is 5.18. The Labute approximate surface area is 128 Å². The highest BCUT2D eigenvalue weighted by molar-refractivity contribution is 4.96. The van der Waals surface area contributed by atoms with Gasteiger partial charge in [-0.15, -0.1) is 0 Å². The van der Waals surface area contributed by atoms with Crippen LogP contribution in [0.5, 0.6) is 0 Å². The Bertz CT molecular complexity index is 404. The van der Waals surface area contributed by atoms with Crippen LogP contribution >= 0.6 is 0 Å². The van der Waals surface area contributed by atoms with E-state index in [-0.39, 0.29) is 0 Å². The van der Waals surface area contributed by atoms with Gasteiger partial charge in [0.15, 0.2) is 5.82 Å². The van der Waals surface area contributed by atoms with E-state index in [9.17, 15) is 0 Å². The fourth-order valence-electron chi connectivity index (χ4n) is 3.75. The van der Waals surface area contributed by atoms with Gasteiger partial charge < -0.3 is 9.84 Å². The third kappa shape index (κ3) is 4.53. The van der Waals surface area contributed by atoms with Crippen molar-refractivity contribution < 1.29 is 4.52 Å². The fraction of sp³-hybridized carbons (Fsp3) is 0.882. The molecule has 2 heterocycles. The van der Waals surface area contributed by atoms with E-state index in [0.717, 1.165) is 24.1 Å². The van der Waals surface area contributed by atoms with Crippen molar-refractivity contribution in [3.05, 3.63) is 11.7 Å². The average molecular weight is 291 g/mol.